The predicted octanol–water partition coefficient (Wildman–Crippen LogP) is 3.22. The van der Waals surface area contributed by atoms with Crippen LogP contribution in [0.2, 0.25) is 5.02 Å². The van der Waals surface area contributed by atoms with Crippen LogP contribution in [0.1, 0.15) is 13.8 Å². The standard InChI is InChI=1S/C11H15ClF3N3OS/c1-7(2)6-18-10(19)9(12)8(5-17-18)16-3-4-20-11(13,14)15/h5,7,16H,3-4,6H2,1-2H3. The second-order valence-electron chi connectivity index (χ2n) is 4.47. The van der Waals surface area contributed by atoms with E-state index in [1.54, 1.807) is 0 Å². The molecule has 0 aliphatic carbocycles. The van der Waals surface area contributed by atoms with E-state index >= 15 is 0 Å². The Kier molecular flexibility index (Phi) is 6.19. The fourth-order valence-electron chi connectivity index (χ4n) is 1.42. The molecule has 4 nitrogen and oxygen atoms in total. The summed E-state index contributed by atoms with van der Waals surface area (Å²) in [6.45, 7) is 4.34. The molecule has 0 aromatic carbocycles. The van der Waals surface area contributed by atoms with E-state index in [-0.39, 0.29) is 40.7 Å². The van der Waals surface area contributed by atoms with Gasteiger partial charge < -0.3 is 5.32 Å². The molecule has 0 radical (unpaired) electrons. The van der Waals surface area contributed by atoms with Crippen LogP contribution in [0.25, 0.3) is 0 Å². The summed E-state index contributed by atoms with van der Waals surface area (Å²) in [6, 6.07) is 0. The average Bonchev–Trinajstić information content (AvgIpc) is 2.31. The first-order valence-corrected chi connectivity index (χ1v) is 7.27. The Morgan fingerprint density at radius 1 is 1.50 bits per heavy atom. The molecule has 1 heterocycles. The molecule has 9 heteroatoms. The number of aromatic nitrogens is 2. The number of hydrogen-bond acceptors (Lipinski definition) is 4. The molecule has 114 valence electrons. The predicted molar refractivity (Wildman–Crippen MR) is 75.3 cm³/mol. The van der Waals surface area contributed by atoms with E-state index in [0.717, 1.165) is 0 Å². The van der Waals surface area contributed by atoms with Crippen LogP contribution >= 0.6 is 23.4 Å². The van der Waals surface area contributed by atoms with Gasteiger partial charge in [0.15, 0.2) is 0 Å². The molecule has 1 N–H and O–H groups in total. The van der Waals surface area contributed by atoms with Crippen LogP contribution in [0.15, 0.2) is 11.0 Å². The summed E-state index contributed by atoms with van der Waals surface area (Å²) in [5, 5.41) is 6.56. The molecular weight excluding hydrogens is 315 g/mol. The highest BCUT2D eigenvalue weighted by Gasteiger charge is 2.27. The summed E-state index contributed by atoms with van der Waals surface area (Å²) >= 11 is 5.75. The largest absolute Gasteiger partial charge is 0.441 e. The summed E-state index contributed by atoms with van der Waals surface area (Å²) in [7, 11) is 0. The van der Waals surface area contributed by atoms with Gasteiger partial charge in [-0.05, 0) is 17.7 Å². The minimum atomic E-state index is -4.26. The summed E-state index contributed by atoms with van der Waals surface area (Å²) < 4.78 is 37.1. The number of anilines is 1. The van der Waals surface area contributed by atoms with Gasteiger partial charge in [0.25, 0.3) is 5.56 Å². The summed E-state index contributed by atoms with van der Waals surface area (Å²) in [5.41, 5.74) is -4.46. The van der Waals surface area contributed by atoms with Crippen LogP contribution in [0, 0.1) is 5.92 Å². The van der Waals surface area contributed by atoms with Gasteiger partial charge in [-0.3, -0.25) is 4.79 Å². The summed E-state index contributed by atoms with van der Waals surface area (Å²) in [4.78, 5) is 11.9. The van der Waals surface area contributed by atoms with E-state index in [4.69, 9.17) is 11.6 Å². The zero-order valence-electron chi connectivity index (χ0n) is 11.0. The Morgan fingerprint density at radius 3 is 2.70 bits per heavy atom. The Bertz CT molecular complexity index is 505. The van der Waals surface area contributed by atoms with Crippen molar-refractivity contribution < 1.29 is 13.2 Å². The molecule has 0 amide bonds. The molecule has 20 heavy (non-hydrogen) atoms. The zero-order valence-corrected chi connectivity index (χ0v) is 12.6. The van der Waals surface area contributed by atoms with Crippen molar-refractivity contribution in [1.82, 2.24) is 9.78 Å². The van der Waals surface area contributed by atoms with Gasteiger partial charge in [0.2, 0.25) is 0 Å². The molecule has 0 spiro atoms. The van der Waals surface area contributed by atoms with Crippen molar-refractivity contribution in [3.63, 3.8) is 0 Å². The van der Waals surface area contributed by atoms with Gasteiger partial charge in [-0.25, -0.2) is 4.68 Å². The lowest BCUT2D eigenvalue weighted by Gasteiger charge is -2.11. The first kappa shape index (κ1) is 17.2. The van der Waals surface area contributed by atoms with Crippen LogP contribution in [-0.4, -0.2) is 27.6 Å². The monoisotopic (exact) mass is 329 g/mol. The molecule has 0 saturated heterocycles. The van der Waals surface area contributed by atoms with E-state index in [9.17, 15) is 18.0 Å². The summed E-state index contributed by atoms with van der Waals surface area (Å²) in [6.07, 6.45) is 1.35. The molecule has 1 aromatic heterocycles. The third kappa shape index (κ3) is 5.62. The molecule has 0 atom stereocenters. The van der Waals surface area contributed by atoms with Crippen molar-refractivity contribution in [2.45, 2.75) is 25.9 Å². The highest BCUT2D eigenvalue weighted by Crippen LogP contribution is 2.29. The molecule has 1 rings (SSSR count). The van der Waals surface area contributed by atoms with Crippen molar-refractivity contribution >= 4 is 29.1 Å². The molecule has 0 bridgehead atoms. The normalized spacial score (nSPS) is 11.9. The molecule has 0 unspecified atom stereocenters. The van der Waals surface area contributed by atoms with Crippen LogP contribution in [0.3, 0.4) is 0 Å². The van der Waals surface area contributed by atoms with Crippen molar-refractivity contribution in [3.05, 3.63) is 21.6 Å². The minimum Gasteiger partial charge on any atom is -0.382 e. The number of halogens is 4. The van der Waals surface area contributed by atoms with Crippen molar-refractivity contribution in [2.24, 2.45) is 5.92 Å². The van der Waals surface area contributed by atoms with Crippen LogP contribution in [0.5, 0.6) is 0 Å². The maximum Gasteiger partial charge on any atom is 0.441 e. The lowest BCUT2D eigenvalue weighted by Crippen LogP contribution is -2.26. The topological polar surface area (TPSA) is 46.9 Å². The maximum atomic E-state index is 11.9. The lowest BCUT2D eigenvalue weighted by molar-refractivity contribution is -0.0327. The maximum absolute atomic E-state index is 11.9. The lowest BCUT2D eigenvalue weighted by atomic mass is 10.2. The molecular formula is C11H15ClF3N3OS. The van der Waals surface area contributed by atoms with E-state index in [1.807, 2.05) is 13.8 Å². The van der Waals surface area contributed by atoms with Gasteiger partial charge in [0, 0.05) is 18.8 Å². The van der Waals surface area contributed by atoms with Gasteiger partial charge >= 0.3 is 5.51 Å². The molecule has 0 fully saturated rings. The quantitative estimate of drug-likeness (QED) is 0.814. The number of thioether (sulfide) groups is 1. The van der Waals surface area contributed by atoms with E-state index in [1.165, 1.54) is 10.9 Å². The van der Waals surface area contributed by atoms with Gasteiger partial charge in [0.1, 0.15) is 5.02 Å². The Balaban J connectivity index is 2.64. The third-order valence-corrected chi connectivity index (χ3v) is 3.31. The van der Waals surface area contributed by atoms with E-state index in [0.29, 0.717) is 6.54 Å². The smallest absolute Gasteiger partial charge is 0.382 e. The van der Waals surface area contributed by atoms with Crippen molar-refractivity contribution in [2.75, 3.05) is 17.6 Å². The average molecular weight is 330 g/mol. The van der Waals surface area contributed by atoms with Gasteiger partial charge in [-0.2, -0.15) is 18.3 Å². The van der Waals surface area contributed by atoms with E-state index in [2.05, 4.69) is 10.4 Å². The molecule has 0 aliphatic rings. The van der Waals surface area contributed by atoms with Gasteiger partial charge in [0.05, 0.1) is 11.9 Å². The zero-order chi connectivity index (χ0) is 15.3. The molecule has 1 aromatic rings. The Labute approximate surface area is 123 Å². The number of alkyl halides is 3. The number of nitrogens with one attached hydrogen (secondary N) is 1. The van der Waals surface area contributed by atoms with Gasteiger partial charge in [-0.1, -0.05) is 25.4 Å². The van der Waals surface area contributed by atoms with E-state index < -0.39 is 11.1 Å². The molecule has 0 aliphatic heterocycles. The fourth-order valence-corrected chi connectivity index (χ4v) is 2.07. The van der Waals surface area contributed by atoms with Crippen LogP contribution in [-0.2, 0) is 6.54 Å². The first-order chi connectivity index (χ1) is 9.20. The second-order valence-corrected chi connectivity index (χ2v) is 6.01. The second kappa shape index (κ2) is 7.21. The SMILES string of the molecule is CC(C)Cn1ncc(NCCSC(F)(F)F)c(Cl)c1=O. The molecule has 0 saturated carbocycles. The van der Waals surface area contributed by atoms with Gasteiger partial charge in [-0.15, -0.1) is 0 Å². The fraction of sp³-hybridized carbons (Fsp3) is 0.636. The number of nitrogens with zero attached hydrogens (tertiary/aromatic N) is 2. The highest BCUT2D eigenvalue weighted by atomic mass is 35.5. The minimum absolute atomic E-state index is 0.0409. The number of rotatable bonds is 6. The van der Waals surface area contributed by atoms with Crippen molar-refractivity contribution in [1.29, 1.82) is 0 Å². The van der Waals surface area contributed by atoms with Crippen LogP contribution < -0.4 is 10.9 Å². The van der Waals surface area contributed by atoms with Crippen LogP contribution in [0.4, 0.5) is 18.9 Å². The highest BCUT2D eigenvalue weighted by molar-refractivity contribution is 8.00. The van der Waals surface area contributed by atoms with Crippen molar-refractivity contribution in [3.8, 4) is 0 Å². The number of hydrogen-bond donors (Lipinski definition) is 1. The Morgan fingerprint density at radius 2 is 2.15 bits per heavy atom. The Hall–Kier alpha value is -0.890. The third-order valence-electron chi connectivity index (χ3n) is 2.21. The first-order valence-electron chi connectivity index (χ1n) is 5.91. The summed E-state index contributed by atoms with van der Waals surface area (Å²) in [5.74, 6) is 0.0628.